The van der Waals surface area contributed by atoms with Gasteiger partial charge in [0.25, 0.3) is 0 Å². The first-order valence-corrected chi connectivity index (χ1v) is 12.3. The van der Waals surface area contributed by atoms with Gasteiger partial charge in [0, 0.05) is 15.7 Å². The molecule has 0 unspecified atom stereocenters. The molecule has 3 aromatic carbocycles. The smallest absolute Gasteiger partial charge is 0.119 e. The topological polar surface area (TPSA) is 76.5 Å². The van der Waals surface area contributed by atoms with E-state index in [1.165, 1.54) is 0 Å². The van der Waals surface area contributed by atoms with Gasteiger partial charge in [0.15, 0.2) is 0 Å². The van der Waals surface area contributed by atoms with Crippen molar-refractivity contribution in [2.24, 2.45) is 11.0 Å². The molecule has 1 heterocycles. The molecule has 0 saturated carbocycles. The average Bonchev–Trinajstić information content (AvgIpc) is 2.88. The van der Waals surface area contributed by atoms with E-state index in [0.29, 0.717) is 19.8 Å². The number of hydrogen-bond acceptors (Lipinski definition) is 5. The number of ether oxygens (including phenoxy) is 3. The number of azide groups is 1. The van der Waals surface area contributed by atoms with Crippen molar-refractivity contribution in [2.45, 2.75) is 48.7 Å². The number of hydrogen-bond donors (Lipinski definition) is 0. The van der Waals surface area contributed by atoms with E-state index in [1.807, 2.05) is 91.0 Å². The van der Waals surface area contributed by atoms with Gasteiger partial charge in [0.05, 0.1) is 38.1 Å². The van der Waals surface area contributed by atoms with E-state index in [0.717, 1.165) is 16.0 Å². The van der Waals surface area contributed by atoms with Crippen LogP contribution in [0.4, 0.5) is 0 Å². The number of benzene rings is 3. The molecule has 0 aliphatic carbocycles. The number of nitrogens with zero attached hydrogens (tertiary/aromatic N) is 3. The van der Waals surface area contributed by atoms with Crippen molar-refractivity contribution in [3.8, 4) is 0 Å². The quantitative estimate of drug-likeness (QED) is 0.188. The SMILES string of the molecule is C[C@H]1[C@H](OCc2ccccc2)[C@@H](N=[N+]=[N-])[C@@H](Sc2ccccc2)O[C@@H]1COCc1ccccc1. The van der Waals surface area contributed by atoms with E-state index in [2.05, 4.69) is 16.9 Å². The lowest BCUT2D eigenvalue weighted by molar-refractivity contribution is -0.157. The second kappa shape index (κ2) is 12.6. The summed E-state index contributed by atoms with van der Waals surface area (Å²) in [5.74, 6) is -0.0254. The maximum atomic E-state index is 9.34. The molecule has 3 aromatic rings. The molecule has 0 spiro atoms. The maximum Gasteiger partial charge on any atom is 0.119 e. The highest BCUT2D eigenvalue weighted by molar-refractivity contribution is 7.99. The Morgan fingerprint density at radius 2 is 1.47 bits per heavy atom. The van der Waals surface area contributed by atoms with Crippen LogP contribution in [0.5, 0.6) is 0 Å². The van der Waals surface area contributed by atoms with Gasteiger partial charge in [-0.2, -0.15) is 0 Å². The standard InChI is InChI=1S/C27H29N3O3S/c1-20-24(19-31-17-21-11-5-2-6-12-21)33-27(34-23-15-9-4-10-16-23)25(29-30-28)26(20)32-18-22-13-7-3-8-14-22/h2-16,20,24-27H,17-19H2,1H3/t20-,24-,25-,26+,27-/m1/s1. The highest BCUT2D eigenvalue weighted by Gasteiger charge is 2.44. The van der Waals surface area contributed by atoms with Crippen LogP contribution in [-0.2, 0) is 27.4 Å². The van der Waals surface area contributed by atoms with Crippen molar-refractivity contribution in [1.29, 1.82) is 0 Å². The van der Waals surface area contributed by atoms with Gasteiger partial charge in [-0.05, 0) is 28.8 Å². The van der Waals surface area contributed by atoms with Crippen molar-refractivity contribution in [1.82, 2.24) is 0 Å². The van der Waals surface area contributed by atoms with Gasteiger partial charge in [-0.25, -0.2) is 0 Å². The molecule has 0 amide bonds. The van der Waals surface area contributed by atoms with Crippen molar-refractivity contribution in [3.63, 3.8) is 0 Å². The summed E-state index contributed by atoms with van der Waals surface area (Å²) in [7, 11) is 0. The van der Waals surface area contributed by atoms with E-state index in [9.17, 15) is 5.53 Å². The average molecular weight is 476 g/mol. The second-order valence-electron chi connectivity index (χ2n) is 8.29. The molecule has 4 rings (SSSR count). The molecule has 176 valence electrons. The van der Waals surface area contributed by atoms with Crippen LogP contribution in [0.3, 0.4) is 0 Å². The van der Waals surface area contributed by atoms with Crippen molar-refractivity contribution in [3.05, 3.63) is 113 Å². The molecular weight excluding hydrogens is 446 g/mol. The van der Waals surface area contributed by atoms with Gasteiger partial charge in [-0.1, -0.05) is 103 Å². The first-order chi connectivity index (χ1) is 16.7. The molecular formula is C27H29N3O3S. The van der Waals surface area contributed by atoms with E-state index in [4.69, 9.17) is 14.2 Å². The normalized spacial score (nSPS) is 24.3. The zero-order chi connectivity index (χ0) is 23.6. The van der Waals surface area contributed by atoms with Crippen LogP contribution in [0.25, 0.3) is 10.4 Å². The van der Waals surface area contributed by atoms with E-state index in [1.54, 1.807) is 11.8 Å². The fraction of sp³-hybridized carbons (Fsp3) is 0.333. The zero-order valence-electron chi connectivity index (χ0n) is 19.1. The van der Waals surface area contributed by atoms with E-state index >= 15 is 0 Å². The van der Waals surface area contributed by atoms with Gasteiger partial charge in [-0.15, -0.1) is 0 Å². The molecule has 7 heteroatoms. The van der Waals surface area contributed by atoms with Crippen LogP contribution in [0, 0.1) is 5.92 Å². The molecule has 1 aliphatic rings. The third-order valence-corrected chi connectivity index (χ3v) is 7.05. The summed E-state index contributed by atoms with van der Waals surface area (Å²) in [5, 5.41) is 4.14. The molecule has 1 fully saturated rings. The zero-order valence-corrected chi connectivity index (χ0v) is 20.0. The summed E-state index contributed by atoms with van der Waals surface area (Å²) >= 11 is 1.55. The number of rotatable bonds is 10. The minimum atomic E-state index is -0.473. The summed E-state index contributed by atoms with van der Waals surface area (Å²) in [4.78, 5) is 4.19. The van der Waals surface area contributed by atoms with Crippen LogP contribution in [-0.4, -0.2) is 30.3 Å². The minimum absolute atomic E-state index is 0.0254. The van der Waals surface area contributed by atoms with E-state index in [-0.39, 0.29) is 23.6 Å². The van der Waals surface area contributed by atoms with Gasteiger partial charge < -0.3 is 14.2 Å². The molecule has 5 atom stereocenters. The first kappa shape index (κ1) is 24.3. The van der Waals surface area contributed by atoms with Crippen LogP contribution in [0.1, 0.15) is 18.1 Å². The Bertz CT molecular complexity index is 1050. The molecule has 1 saturated heterocycles. The number of thioether (sulfide) groups is 1. The van der Waals surface area contributed by atoms with Crippen LogP contribution < -0.4 is 0 Å². The molecule has 0 bridgehead atoms. The lowest BCUT2D eigenvalue weighted by Crippen LogP contribution is -2.53. The first-order valence-electron chi connectivity index (χ1n) is 11.4. The molecule has 0 aromatic heterocycles. The minimum Gasteiger partial charge on any atom is -0.374 e. The predicted octanol–water partition coefficient (Wildman–Crippen LogP) is 6.62. The second-order valence-corrected chi connectivity index (χ2v) is 9.46. The highest BCUT2D eigenvalue weighted by Crippen LogP contribution is 2.39. The molecule has 6 nitrogen and oxygen atoms in total. The van der Waals surface area contributed by atoms with Gasteiger partial charge in [0.1, 0.15) is 5.44 Å². The molecule has 0 N–H and O–H groups in total. The Morgan fingerprint density at radius 1 is 0.882 bits per heavy atom. The summed E-state index contributed by atoms with van der Waals surface area (Å²) in [5.41, 5.74) is 11.1. The van der Waals surface area contributed by atoms with Gasteiger partial charge in [0.2, 0.25) is 0 Å². The van der Waals surface area contributed by atoms with Crippen molar-refractivity contribution in [2.75, 3.05) is 6.61 Å². The summed E-state index contributed by atoms with van der Waals surface area (Å²) in [6.45, 7) is 3.46. The summed E-state index contributed by atoms with van der Waals surface area (Å²) in [6.07, 6.45) is -0.507. The van der Waals surface area contributed by atoms with Gasteiger partial charge in [-0.3, -0.25) is 0 Å². The summed E-state index contributed by atoms with van der Waals surface area (Å²) in [6, 6.07) is 29.6. The van der Waals surface area contributed by atoms with Crippen molar-refractivity contribution < 1.29 is 14.2 Å². The van der Waals surface area contributed by atoms with E-state index < -0.39 is 6.04 Å². The Morgan fingerprint density at radius 3 is 2.09 bits per heavy atom. The molecule has 1 aliphatic heterocycles. The van der Waals surface area contributed by atoms with Gasteiger partial charge >= 0.3 is 0 Å². The lowest BCUT2D eigenvalue weighted by atomic mass is 9.90. The fourth-order valence-corrected chi connectivity index (χ4v) is 5.17. The largest absolute Gasteiger partial charge is 0.374 e. The Balaban J connectivity index is 1.51. The third kappa shape index (κ3) is 6.63. The molecule has 0 radical (unpaired) electrons. The van der Waals surface area contributed by atoms with Crippen LogP contribution in [0.2, 0.25) is 0 Å². The third-order valence-electron chi connectivity index (χ3n) is 5.89. The fourth-order valence-electron chi connectivity index (χ4n) is 4.04. The Kier molecular flexibility index (Phi) is 9.02. The predicted molar refractivity (Wildman–Crippen MR) is 134 cm³/mol. The summed E-state index contributed by atoms with van der Waals surface area (Å²) < 4.78 is 18.9. The molecule has 34 heavy (non-hydrogen) atoms. The van der Waals surface area contributed by atoms with Crippen LogP contribution in [0.15, 0.2) is 101 Å². The van der Waals surface area contributed by atoms with Crippen LogP contribution >= 0.6 is 11.8 Å². The maximum absolute atomic E-state index is 9.34. The van der Waals surface area contributed by atoms with Crippen molar-refractivity contribution >= 4 is 11.8 Å². The Labute approximate surface area is 204 Å². The lowest BCUT2D eigenvalue weighted by Gasteiger charge is -2.43. The monoisotopic (exact) mass is 475 g/mol. The highest BCUT2D eigenvalue weighted by atomic mass is 32.2. The Hall–Kier alpha value is -2.80.